The van der Waals surface area contributed by atoms with Crippen molar-refractivity contribution in [3.05, 3.63) is 34.1 Å². The second-order valence-corrected chi connectivity index (χ2v) is 5.71. The van der Waals surface area contributed by atoms with Gasteiger partial charge in [0.05, 0.1) is 10.6 Å². The van der Waals surface area contributed by atoms with Crippen molar-refractivity contribution in [2.45, 2.75) is 52.1 Å². The SMILES string of the molecule is CCCC(CCC)C(O)Cc1ccc(F)c(Br)c1. The molecule has 0 amide bonds. The summed E-state index contributed by atoms with van der Waals surface area (Å²) in [7, 11) is 0. The molecule has 1 nitrogen and oxygen atoms in total. The van der Waals surface area contributed by atoms with Gasteiger partial charge in [-0.25, -0.2) is 4.39 Å². The molecule has 0 radical (unpaired) electrons. The summed E-state index contributed by atoms with van der Waals surface area (Å²) in [6.45, 7) is 4.29. The molecule has 1 unspecified atom stereocenters. The van der Waals surface area contributed by atoms with Gasteiger partial charge in [-0.2, -0.15) is 0 Å². The highest BCUT2D eigenvalue weighted by atomic mass is 79.9. The Hall–Kier alpha value is -0.410. The van der Waals surface area contributed by atoms with E-state index in [4.69, 9.17) is 0 Å². The van der Waals surface area contributed by atoms with Crippen LogP contribution in [-0.2, 0) is 6.42 Å². The minimum Gasteiger partial charge on any atom is -0.392 e. The third-order valence-corrected chi connectivity index (χ3v) is 3.90. The molecule has 1 aromatic carbocycles. The standard InChI is InChI=1S/C15H22BrFO/c1-3-5-12(6-4-2)15(18)10-11-7-8-14(17)13(16)9-11/h7-9,12,15,18H,3-6,10H2,1-2H3. The van der Waals surface area contributed by atoms with Gasteiger partial charge in [0, 0.05) is 0 Å². The van der Waals surface area contributed by atoms with Crippen LogP contribution in [0.2, 0.25) is 0 Å². The fourth-order valence-corrected chi connectivity index (χ4v) is 2.77. The summed E-state index contributed by atoms with van der Waals surface area (Å²) >= 11 is 3.18. The number of hydrogen-bond acceptors (Lipinski definition) is 1. The quantitative estimate of drug-likeness (QED) is 0.772. The van der Waals surface area contributed by atoms with Crippen LogP contribution in [0.1, 0.15) is 45.1 Å². The largest absolute Gasteiger partial charge is 0.392 e. The highest BCUT2D eigenvalue weighted by Crippen LogP contribution is 2.23. The van der Waals surface area contributed by atoms with Crippen molar-refractivity contribution in [1.29, 1.82) is 0 Å². The first kappa shape index (κ1) is 15.6. The molecule has 0 saturated carbocycles. The van der Waals surface area contributed by atoms with Crippen LogP contribution in [0.15, 0.2) is 22.7 Å². The molecule has 1 N–H and O–H groups in total. The molecule has 18 heavy (non-hydrogen) atoms. The summed E-state index contributed by atoms with van der Waals surface area (Å²) in [5.41, 5.74) is 0.980. The van der Waals surface area contributed by atoms with Crippen molar-refractivity contribution < 1.29 is 9.50 Å². The Kier molecular flexibility index (Phi) is 6.87. The molecule has 0 bridgehead atoms. The maximum absolute atomic E-state index is 13.1. The molecular weight excluding hydrogens is 295 g/mol. The number of hydrogen-bond donors (Lipinski definition) is 1. The van der Waals surface area contributed by atoms with Gasteiger partial charge in [0.25, 0.3) is 0 Å². The maximum Gasteiger partial charge on any atom is 0.137 e. The van der Waals surface area contributed by atoms with Gasteiger partial charge < -0.3 is 5.11 Å². The topological polar surface area (TPSA) is 20.2 Å². The molecule has 1 aromatic rings. The van der Waals surface area contributed by atoms with Crippen molar-refractivity contribution in [2.24, 2.45) is 5.92 Å². The van der Waals surface area contributed by atoms with E-state index in [0.717, 1.165) is 31.2 Å². The lowest BCUT2D eigenvalue weighted by Crippen LogP contribution is -2.22. The van der Waals surface area contributed by atoms with Gasteiger partial charge in [-0.3, -0.25) is 0 Å². The van der Waals surface area contributed by atoms with Crippen LogP contribution in [0.25, 0.3) is 0 Å². The first-order chi connectivity index (χ1) is 8.58. The van der Waals surface area contributed by atoms with Gasteiger partial charge in [0.2, 0.25) is 0 Å². The highest BCUT2D eigenvalue weighted by molar-refractivity contribution is 9.10. The van der Waals surface area contributed by atoms with E-state index < -0.39 is 0 Å². The molecule has 102 valence electrons. The zero-order valence-electron chi connectivity index (χ0n) is 11.1. The van der Waals surface area contributed by atoms with Gasteiger partial charge >= 0.3 is 0 Å². The molecule has 0 heterocycles. The lowest BCUT2D eigenvalue weighted by molar-refractivity contribution is 0.0963. The van der Waals surface area contributed by atoms with Gasteiger partial charge in [-0.1, -0.05) is 32.8 Å². The lowest BCUT2D eigenvalue weighted by Gasteiger charge is -2.22. The number of aliphatic hydroxyl groups is 1. The fraction of sp³-hybridized carbons (Fsp3) is 0.600. The third-order valence-electron chi connectivity index (χ3n) is 3.29. The van der Waals surface area contributed by atoms with Gasteiger partial charge in [-0.05, 0) is 58.8 Å². The van der Waals surface area contributed by atoms with Crippen LogP contribution in [0.3, 0.4) is 0 Å². The summed E-state index contributed by atoms with van der Waals surface area (Å²) in [6, 6.07) is 4.95. The summed E-state index contributed by atoms with van der Waals surface area (Å²) in [6.07, 6.45) is 4.56. The second kappa shape index (κ2) is 7.90. The molecule has 0 spiro atoms. The first-order valence-corrected chi connectivity index (χ1v) is 7.49. The molecule has 0 aliphatic carbocycles. The normalized spacial score (nSPS) is 13.0. The van der Waals surface area contributed by atoms with E-state index in [-0.39, 0.29) is 11.9 Å². The van der Waals surface area contributed by atoms with Gasteiger partial charge in [0.1, 0.15) is 5.82 Å². The van der Waals surface area contributed by atoms with E-state index in [1.807, 2.05) is 0 Å². The fourth-order valence-electron chi connectivity index (χ4n) is 2.35. The molecule has 0 saturated heterocycles. The highest BCUT2D eigenvalue weighted by Gasteiger charge is 2.18. The predicted octanol–water partition coefficient (Wildman–Crippen LogP) is 4.71. The predicted molar refractivity (Wildman–Crippen MR) is 77.1 cm³/mol. The summed E-state index contributed by atoms with van der Waals surface area (Å²) in [5, 5.41) is 10.3. The van der Waals surface area contributed by atoms with Crippen molar-refractivity contribution in [3.63, 3.8) is 0 Å². The second-order valence-electron chi connectivity index (χ2n) is 4.86. The molecule has 1 atom stereocenters. The smallest absolute Gasteiger partial charge is 0.137 e. The van der Waals surface area contributed by atoms with Gasteiger partial charge in [0.15, 0.2) is 0 Å². The van der Waals surface area contributed by atoms with Crippen molar-refractivity contribution >= 4 is 15.9 Å². The Labute approximate surface area is 118 Å². The number of aliphatic hydroxyl groups excluding tert-OH is 1. The summed E-state index contributed by atoms with van der Waals surface area (Å²) < 4.78 is 13.6. The van der Waals surface area contributed by atoms with E-state index in [1.165, 1.54) is 6.07 Å². The Morgan fingerprint density at radius 1 is 1.22 bits per heavy atom. The van der Waals surface area contributed by atoms with E-state index in [1.54, 1.807) is 12.1 Å². The van der Waals surface area contributed by atoms with E-state index in [0.29, 0.717) is 16.8 Å². The Balaban J connectivity index is 2.66. The average molecular weight is 317 g/mol. The summed E-state index contributed by atoms with van der Waals surface area (Å²) in [4.78, 5) is 0. The van der Waals surface area contributed by atoms with Crippen LogP contribution in [0.5, 0.6) is 0 Å². The number of rotatable bonds is 7. The monoisotopic (exact) mass is 316 g/mol. The molecule has 0 aliphatic rings. The van der Waals surface area contributed by atoms with Crippen molar-refractivity contribution in [1.82, 2.24) is 0 Å². The van der Waals surface area contributed by atoms with Crippen molar-refractivity contribution in [3.8, 4) is 0 Å². The molecule has 3 heteroatoms. The Morgan fingerprint density at radius 3 is 2.33 bits per heavy atom. The van der Waals surface area contributed by atoms with Crippen molar-refractivity contribution in [2.75, 3.05) is 0 Å². The maximum atomic E-state index is 13.1. The van der Waals surface area contributed by atoms with Crippen LogP contribution in [-0.4, -0.2) is 11.2 Å². The third kappa shape index (κ3) is 4.69. The van der Waals surface area contributed by atoms with Gasteiger partial charge in [-0.15, -0.1) is 0 Å². The minimum atomic E-state index is -0.331. The van der Waals surface area contributed by atoms with E-state index >= 15 is 0 Å². The average Bonchev–Trinajstić information content (AvgIpc) is 2.33. The zero-order chi connectivity index (χ0) is 13.5. The number of halogens is 2. The molecule has 0 aromatic heterocycles. The summed E-state index contributed by atoms with van der Waals surface area (Å²) in [5.74, 6) is 0.0933. The van der Waals surface area contributed by atoms with Crippen LogP contribution in [0, 0.1) is 11.7 Å². The Bertz CT molecular complexity index is 362. The van der Waals surface area contributed by atoms with Crippen LogP contribution < -0.4 is 0 Å². The van der Waals surface area contributed by atoms with Crippen LogP contribution in [0.4, 0.5) is 4.39 Å². The molecular formula is C15H22BrFO. The lowest BCUT2D eigenvalue weighted by atomic mass is 9.89. The van der Waals surface area contributed by atoms with Crippen LogP contribution >= 0.6 is 15.9 Å². The zero-order valence-corrected chi connectivity index (χ0v) is 12.7. The Morgan fingerprint density at radius 2 is 1.83 bits per heavy atom. The molecule has 0 aliphatic heterocycles. The molecule has 0 fully saturated rings. The molecule has 1 rings (SSSR count). The van der Waals surface area contributed by atoms with E-state index in [2.05, 4.69) is 29.8 Å². The minimum absolute atomic E-state index is 0.257. The first-order valence-electron chi connectivity index (χ1n) is 6.70. The number of benzene rings is 1. The van der Waals surface area contributed by atoms with E-state index in [9.17, 15) is 9.50 Å².